The molecule has 0 saturated heterocycles. The van der Waals surface area contributed by atoms with Crippen LogP contribution in [0.25, 0.3) is 0 Å². The lowest BCUT2D eigenvalue weighted by Gasteiger charge is -2.11. The number of phenols is 2. The molecule has 0 unspecified atom stereocenters. The lowest BCUT2D eigenvalue weighted by molar-refractivity contribution is 0.0827. The summed E-state index contributed by atoms with van der Waals surface area (Å²) in [6.45, 7) is 0. The van der Waals surface area contributed by atoms with E-state index >= 15 is 0 Å². The Hall–Kier alpha value is -2.54. The number of rotatable bonds is 4. The van der Waals surface area contributed by atoms with E-state index in [-0.39, 0.29) is 11.6 Å². The summed E-state index contributed by atoms with van der Waals surface area (Å²) >= 11 is 1.24. The van der Waals surface area contributed by atoms with Gasteiger partial charge in [-0.15, -0.1) is 4.91 Å². The summed E-state index contributed by atoms with van der Waals surface area (Å²) in [4.78, 5) is 25.3. The van der Waals surface area contributed by atoms with Gasteiger partial charge >= 0.3 is 0 Å². The van der Waals surface area contributed by atoms with Crippen LogP contribution in [0.1, 0.15) is 10.4 Å². The van der Waals surface area contributed by atoms with Crippen LogP contribution < -0.4 is 0 Å². The number of aromatic hydroxyl groups is 2. The molecule has 0 saturated carbocycles. The molecule has 0 fully saturated rings. The molecule has 0 bridgehead atoms. The van der Waals surface area contributed by atoms with Crippen molar-refractivity contribution < 1.29 is 15.0 Å². The molecular formula is C15H14N2O4S. The maximum absolute atomic E-state index is 11.9. The highest BCUT2D eigenvalue weighted by Gasteiger charge is 2.12. The van der Waals surface area contributed by atoms with Gasteiger partial charge in [0.2, 0.25) is 0 Å². The van der Waals surface area contributed by atoms with E-state index in [1.54, 1.807) is 38.4 Å². The second-order valence-electron chi connectivity index (χ2n) is 4.73. The first-order valence-corrected chi connectivity index (χ1v) is 7.13. The molecule has 114 valence electrons. The van der Waals surface area contributed by atoms with Crippen LogP contribution in [0.3, 0.4) is 0 Å². The van der Waals surface area contributed by atoms with Crippen LogP contribution in [-0.2, 0) is 0 Å². The molecule has 2 aromatic rings. The summed E-state index contributed by atoms with van der Waals surface area (Å²) in [5.74, 6) is -1.08. The minimum atomic E-state index is -0.545. The fraction of sp³-hybridized carbons (Fsp3) is 0.133. The van der Waals surface area contributed by atoms with Crippen molar-refractivity contribution >= 4 is 23.4 Å². The zero-order chi connectivity index (χ0) is 16.3. The van der Waals surface area contributed by atoms with Crippen LogP contribution in [0.5, 0.6) is 11.5 Å². The molecule has 0 spiro atoms. The van der Waals surface area contributed by atoms with Crippen molar-refractivity contribution in [3.05, 3.63) is 46.9 Å². The third-order valence-electron chi connectivity index (χ3n) is 2.86. The Morgan fingerprint density at radius 3 is 2.50 bits per heavy atom. The minimum Gasteiger partial charge on any atom is -0.504 e. The maximum atomic E-state index is 11.9. The topological polar surface area (TPSA) is 90.2 Å². The molecule has 0 radical (unpaired) electrons. The molecule has 1 amide bonds. The van der Waals surface area contributed by atoms with E-state index in [4.69, 9.17) is 0 Å². The number of hydrogen-bond acceptors (Lipinski definition) is 6. The van der Waals surface area contributed by atoms with Gasteiger partial charge in [0.1, 0.15) is 0 Å². The first-order chi connectivity index (χ1) is 10.4. The maximum Gasteiger partial charge on any atom is 0.253 e. The number of carbonyl (C=O) groups is 1. The normalized spacial score (nSPS) is 10.3. The van der Waals surface area contributed by atoms with E-state index in [0.717, 1.165) is 4.90 Å². The Morgan fingerprint density at radius 2 is 1.86 bits per heavy atom. The van der Waals surface area contributed by atoms with Gasteiger partial charge < -0.3 is 15.1 Å². The number of benzene rings is 2. The monoisotopic (exact) mass is 318 g/mol. The van der Waals surface area contributed by atoms with Crippen LogP contribution in [0.15, 0.2) is 51.4 Å². The van der Waals surface area contributed by atoms with Crippen molar-refractivity contribution in [2.24, 2.45) is 5.18 Å². The lowest BCUT2D eigenvalue weighted by Crippen LogP contribution is -2.21. The Morgan fingerprint density at radius 1 is 1.14 bits per heavy atom. The van der Waals surface area contributed by atoms with Crippen molar-refractivity contribution in [1.82, 2.24) is 4.90 Å². The van der Waals surface area contributed by atoms with Gasteiger partial charge in [0.05, 0.1) is 0 Å². The molecule has 0 atom stereocenters. The summed E-state index contributed by atoms with van der Waals surface area (Å²) < 4.78 is 0. The molecule has 2 rings (SSSR count). The quantitative estimate of drug-likeness (QED) is 0.666. The molecule has 0 heterocycles. The first-order valence-electron chi connectivity index (χ1n) is 6.31. The van der Waals surface area contributed by atoms with Crippen LogP contribution in [0.4, 0.5) is 5.69 Å². The molecule has 0 aliphatic rings. The van der Waals surface area contributed by atoms with Crippen molar-refractivity contribution in [2.75, 3.05) is 14.1 Å². The summed E-state index contributed by atoms with van der Waals surface area (Å²) in [7, 11) is 3.34. The number of hydrogen-bond donors (Lipinski definition) is 2. The molecular weight excluding hydrogens is 304 g/mol. The highest BCUT2D eigenvalue weighted by atomic mass is 32.2. The fourth-order valence-corrected chi connectivity index (χ4v) is 2.74. The van der Waals surface area contributed by atoms with Gasteiger partial charge in [0, 0.05) is 29.4 Å². The fourth-order valence-electron chi connectivity index (χ4n) is 1.79. The van der Waals surface area contributed by atoms with Gasteiger partial charge in [-0.05, 0) is 35.5 Å². The Balaban J connectivity index is 2.32. The average Bonchev–Trinajstić information content (AvgIpc) is 2.50. The number of nitrogens with zero attached hydrogens (tertiary/aromatic N) is 2. The molecule has 22 heavy (non-hydrogen) atoms. The van der Waals surface area contributed by atoms with Gasteiger partial charge in [-0.25, -0.2) is 0 Å². The summed E-state index contributed by atoms with van der Waals surface area (Å²) in [6.07, 6.45) is 0. The van der Waals surface area contributed by atoms with Crippen LogP contribution in [0, 0.1) is 4.91 Å². The third kappa shape index (κ3) is 3.37. The molecule has 2 N–H and O–H groups in total. The van der Waals surface area contributed by atoms with Gasteiger partial charge in [0.15, 0.2) is 17.2 Å². The van der Waals surface area contributed by atoms with Crippen LogP contribution in [0.2, 0.25) is 0 Å². The van der Waals surface area contributed by atoms with E-state index in [0.29, 0.717) is 10.5 Å². The largest absolute Gasteiger partial charge is 0.504 e. The highest BCUT2D eigenvalue weighted by molar-refractivity contribution is 7.99. The van der Waals surface area contributed by atoms with Crippen molar-refractivity contribution in [3.8, 4) is 11.5 Å². The smallest absolute Gasteiger partial charge is 0.253 e. The predicted molar refractivity (Wildman–Crippen MR) is 83.8 cm³/mol. The van der Waals surface area contributed by atoms with Crippen LogP contribution in [-0.4, -0.2) is 35.1 Å². The van der Waals surface area contributed by atoms with Gasteiger partial charge in [-0.3, -0.25) is 4.79 Å². The van der Waals surface area contributed by atoms with Crippen LogP contribution >= 0.6 is 11.8 Å². The number of phenolic OH excluding ortho intramolecular Hbond substituents is 2. The van der Waals surface area contributed by atoms with Gasteiger partial charge in [0.25, 0.3) is 5.91 Å². The second kappa shape index (κ2) is 6.48. The Labute approximate surface area is 131 Å². The SMILES string of the molecule is CN(C)C(=O)c1cccc(Sc2cc(O)c(O)c(N=O)c2)c1. The lowest BCUT2D eigenvalue weighted by atomic mass is 10.2. The summed E-state index contributed by atoms with van der Waals surface area (Å²) in [5.41, 5.74) is 0.301. The van der Waals surface area contributed by atoms with Crippen molar-refractivity contribution in [1.29, 1.82) is 0 Å². The van der Waals surface area contributed by atoms with E-state index in [2.05, 4.69) is 5.18 Å². The van der Waals surface area contributed by atoms with Crippen molar-refractivity contribution in [3.63, 3.8) is 0 Å². The standard InChI is InChI=1S/C15H14N2O4S/c1-17(2)15(20)9-4-3-5-10(6-9)22-11-7-12(16-21)14(19)13(18)8-11/h3-8,18-19H,1-2H3. The van der Waals surface area contributed by atoms with E-state index < -0.39 is 11.5 Å². The van der Waals surface area contributed by atoms with E-state index in [1.807, 2.05) is 0 Å². The zero-order valence-corrected chi connectivity index (χ0v) is 12.8. The highest BCUT2D eigenvalue weighted by Crippen LogP contribution is 2.41. The molecule has 0 aliphatic heterocycles. The number of carbonyl (C=O) groups excluding carboxylic acids is 1. The minimum absolute atomic E-state index is 0.119. The number of amides is 1. The Bertz CT molecular complexity index is 731. The van der Waals surface area contributed by atoms with Gasteiger partial charge in [-0.1, -0.05) is 17.8 Å². The molecule has 7 heteroatoms. The molecule has 0 aliphatic carbocycles. The Kier molecular flexibility index (Phi) is 4.67. The number of nitroso groups, excluding NO2 is 1. The first kappa shape index (κ1) is 15.8. The third-order valence-corrected chi connectivity index (χ3v) is 3.83. The van der Waals surface area contributed by atoms with E-state index in [9.17, 15) is 19.9 Å². The predicted octanol–water partition coefficient (Wildman–Crippen LogP) is 3.35. The molecule has 2 aromatic carbocycles. The van der Waals surface area contributed by atoms with E-state index in [1.165, 1.54) is 28.8 Å². The second-order valence-corrected chi connectivity index (χ2v) is 5.88. The average molecular weight is 318 g/mol. The molecule has 0 aromatic heterocycles. The molecule has 6 nitrogen and oxygen atoms in total. The summed E-state index contributed by atoms with van der Waals surface area (Å²) in [5, 5.41) is 21.7. The van der Waals surface area contributed by atoms with Crippen molar-refractivity contribution in [2.45, 2.75) is 9.79 Å². The zero-order valence-electron chi connectivity index (χ0n) is 12.0. The van der Waals surface area contributed by atoms with Gasteiger partial charge in [-0.2, -0.15) is 0 Å². The summed E-state index contributed by atoms with van der Waals surface area (Å²) in [6, 6.07) is 9.67.